The van der Waals surface area contributed by atoms with E-state index in [0.717, 1.165) is 0 Å². The number of esters is 1. The van der Waals surface area contributed by atoms with Crippen molar-refractivity contribution >= 4 is 12.0 Å². The zero-order valence-corrected chi connectivity index (χ0v) is 36.7. The van der Waals surface area contributed by atoms with E-state index in [2.05, 4.69) is 0 Å². The van der Waals surface area contributed by atoms with Gasteiger partial charge in [-0.05, 0) is 94.5 Å². The molecule has 0 aromatic carbocycles. The number of aliphatic hydroxyl groups is 4. The molecule has 15 nitrogen and oxygen atoms in total. The highest BCUT2D eigenvalue weighted by Crippen LogP contribution is 2.41. The van der Waals surface area contributed by atoms with Gasteiger partial charge in [-0.15, -0.1) is 0 Å². The van der Waals surface area contributed by atoms with Crippen molar-refractivity contribution in [3.63, 3.8) is 0 Å². The number of fused-ring (bicyclic) bond motifs is 1. The minimum atomic E-state index is -1.80. The molecule has 0 aliphatic carbocycles. The molecule has 4 N–H and O–H groups in total. The first-order chi connectivity index (χ1) is 25.9. The first-order valence-electron chi connectivity index (χ1n) is 20.7. The lowest BCUT2D eigenvalue weighted by Crippen LogP contribution is -2.60. The summed E-state index contributed by atoms with van der Waals surface area (Å²) in [5, 5.41) is 47.1. The Labute approximate surface area is 335 Å². The van der Waals surface area contributed by atoms with Crippen LogP contribution in [-0.4, -0.2) is 166 Å². The van der Waals surface area contributed by atoms with Crippen LogP contribution in [0.3, 0.4) is 0 Å². The van der Waals surface area contributed by atoms with E-state index in [4.69, 9.17) is 38.2 Å². The Kier molecular flexibility index (Phi) is 15.4. The van der Waals surface area contributed by atoms with Crippen LogP contribution in [0, 0.1) is 17.8 Å². The standard InChI is InChI=1S/C41H75N3O12/c1-16-29-41(12,49)33(45)26(8)43(13)20-22(4)18-39(10,48)35(56-37-32-28(17-23(5)51-37)44(14)38(55-32)42-21(2)3)24(6)31(25(7)36(47)53-29)54-30-19-40(11,50-15)34(46)27(9)52-30/h21-35,37,45-46,48-49H,16-20H2,1-15H3/t22-,23-,24+,25-,26-,27+,28+,29-,30+,31+,32-,33-,34+,35-,37-,39-,40-,41-/m1/s1. The van der Waals surface area contributed by atoms with Gasteiger partial charge in [-0.2, -0.15) is 0 Å². The first kappa shape index (κ1) is 47.0. The maximum absolute atomic E-state index is 14.3. The fourth-order valence-electron chi connectivity index (χ4n) is 9.41. The van der Waals surface area contributed by atoms with Gasteiger partial charge in [0.25, 0.3) is 6.02 Å². The molecule has 0 unspecified atom stereocenters. The van der Waals surface area contributed by atoms with E-state index in [0.29, 0.717) is 19.0 Å². The van der Waals surface area contributed by atoms with Crippen LogP contribution < -0.4 is 0 Å². The number of nitrogens with zero attached hydrogens (tertiary/aromatic N) is 3. The van der Waals surface area contributed by atoms with Crippen LogP contribution in [0.1, 0.15) is 109 Å². The minimum Gasteiger partial charge on any atom is -0.459 e. The van der Waals surface area contributed by atoms with Crippen molar-refractivity contribution in [2.24, 2.45) is 22.7 Å². The van der Waals surface area contributed by atoms with E-state index in [1.807, 2.05) is 65.4 Å². The lowest BCUT2D eigenvalue weighted by Gasteiger charge is -2.48. The lowest BCUT2D eigenvalue weighted by molar-refractivity contribution is -0.313. The van der Waals surface area contributed by atoms with Gasteiger partial charge in [0.15, 0.2) is 18.7 Å². The molecule has 0 spiro atoms. The molecule has 0 amide bonds. The number of amidine groups is 1. The summed E-state index contributed by atoms with van der Waals surface area (Å²) in [7, 11) is 5.34. The van der Waals surface area contributed by atoms with Crippen LogP contribution >= 0.6 is 0 Å². The fourth-order valence-corrected chi connectivity index (χ4v) is 9.41. The molecular formula is C41H75N3O12. The topological polar surface area (TPSA) is 181 Å². The van der Waals surface area contributed by atoms with Gasteiger partial charge in [0.05, 0.1) is 47.6 Å². The molecule has 4 heterocycles. The van der Waals surface area contributed by atoms with Crippen molar-refractivity contribution in [1.29, 1.82) is 0 Å². The van der Waals surface area contributed by atoms with E-state index in [9.17, 15) is 25.2 Å². The molecule has 0 aromatic heterocycles. The van der Waals surface area contributed by atoms with E-state index in [1.165, 1.54) is 14.0 Å². The Morgan fingerprint density at radius 2 is 1.59 bits per heavy atom. The van der Waals surface area contributed by atoms with Gasteiger partial charge < -0.3 is 63.4 Å². The molecule has 4 aliphatic rings. The lowest BCUT2D eigenvalue weighted by atomic mass is 9.77. The average Bonchev–Trinajstić information content (AvgIpc) is 3.41. The van der Waals surface area contributed by atoms with E-state index in [1.54, 1.807) is 34.6 Å². The Hall–Kier alpha value is -1.66. The second-order valence-electron chi connectivity index (χ2n) is 18.4. The maximum Gasteiger partial charge on any atom is 0.311 e. The van der Waals surface area contributed by atoms with Crippen LogP contribution in [0.25, 0.3) is 0 Å². The largest absolute Gasteiger partial charge is 0.459 e. The van der Waals surface area contributed by atoms with Crippen LogP contribution in [0.5, 0.6) is 0 Å². The number of hydrogen-bond donors (Lipinski definition) is 4. The van der Waals surface area contributed by atoms with Gasteiger partial charge in [-0.1, -0.05) is 20.8 Å². The van der Waals surface area contributed by atoms with Crippen LogP contribution in [0.4, 0.5) is 0 Å². The highest BCUT2D eigenvalue weighted by atomic mass is 16.7. The molecule has 15 heteroatoms. The molecule has 0 bridgehead atoms. The SMILES string of the molecule is CC[C@H]1OC(=O)[C@H](C)[C@@H](O[C@H]2C[C@@](C)(OC)[C@@H](O)[C@H](C)O2)[C@H](C)[C@@H](O[C@H]2O[C@H](C)C[C@H]3[C@H]2OC(=NC(C)C)N3C)[C@](C)(O)C[C@@H](C)CN(C)[C@H](C)[C@@H](O)[C@]1(C)O. The number of aliphatic imine (C=N–C) groups is 1. The van der Waals surface area contributed by atoms with Gasteiger partial charge in [0.1, 0.15) is 23.9 Å². The monoisotopic (exact) mass is 802 g/mol. The summed E-state index contributed by atoms with van der Waals surface area (Å²) in [4.78, 5) is 23.0. The van der Waals surface area contributed by atoms with Crippen LogP contribution in [-0.2, 0) is 38.0 Å². The average molecular weight is 802 g/mol. The fraction of sp³-hybridized carbons (Fsp3) is 0.951. The summed E-state index contributed by atoms with van der Waals surface area (Å²) in [6.45, 7) is 22.3. The molecule has 4 rings (SSSR count). The zero-order valence-electron chi connectivity index (χ0n) is 36.7. The van der Waals surface area contributed by atoms with Gasteiger partial charge in [-0.25, -0.2) is 4.99 Å². The van der Waals surface area contributed by atoms with Gasteiger partial charge in [0.2, 0.25) is 0 Å². The second-order valence-corrected chi connectivity index (χ2v) is 18.4. The van der Waals surface area contributed by atoms with Crippen molar-refractivity contribution < 1.29 is 58.4 Å². The van der Waals surface area contributed by atoms with Crippen LogP contribution in [0.2, 0.25) is 0 Å². The zero-order chi connectivity index (χ0) is 42.2. The predicted octanol–water partition coefficient (Wildman–Crippen LogP) is 3.07. The first-order valence-corrected chi connectivity index (χ1v) is 20.7. The number of aliphatic hydroxyl groups excluding tert-OH is 2. The molecule has 0 saturated carbocycles. The maximum atomic E-state index is 14.3. The minimum absolute atomic E-state index is 0.000679. The highest BCUT2D eigenvalue weighted by Gasteiger charge is 2.54. The van der Waals surface area contributed by atoms with E-state index < -0.39 is 96.0 Å². The third-order valence-electron chi connectivity index (χ3n) is 12.9. The van der Waals surface area contributed by atoms with Gasteiger partial charge in [-0.3, -0.25) is 4.79 Å². The number of carbonyl (C=O) groups is 1. The molecular weight excluding hydrogens is 726 g/mol. The summed E-state index contributed by atoms with van der Waals surface area (Å²) in [6, 6.07) is -0.126. The summed E-state index contributed by atoms with van der Waals surface area (Å²) < 4.78 is 44.8. The Morgan fingerprint density at radius 1 is 0.946 bits per heavy atom. The second kappa shape index (κ2) is 18.3. The molecule has 326 valence electrons. The molecule has 4 saturated heterocycles. The third-order valence-corrected chi connectivity index (χ3v) is 12.9. The van der Waals surface area contributed by atoms with Crippen molar-refractivity contribution in [3.8, 4) is 0 Å². The number of carbonyl (C=O) groups excluding carboxylic acids is 1. The summed E-state index contributed by atoms with van der Waals surface area (Å²) in [6.07, 6.45) is -7.20. The predicted molar refractivity (Wildman–Crippen MR) is 210 cm³/mol. The molecule has 4 fully saturated rings. The number of cyclic esters (lactones) is 1. The number of methoxy groups -OCH3 is 1. The molecule has 56 heavy (non-hydrogen) atoms. The summed E-state index contributed by atoms with van der Waals surface area (Å²) in [5.41, 5.74) is -4.34. The smallest absolute Gasteiger partial charge is 0.311 e. The van der Waals surface area contributed by atoms with Crippen molar-refractivity contribution in [2.75, 3.05) is 27.7 Å². The number of ether oxygens (including phenoxy) is 7. The van der Waals surface area contributed by atoms with Crippen molar-refractivity contribution in [3.05, 3.63) is 0 Å². The normalized spacial score (nSPS) is 48.6. The molecule has 18 atom stereocenters. The number of rotatable bonds is 7. The molecule has 0 aromatic rings. The van der Waals surface area contributed by atoms with Crippen LogP contribution in [0.15, 0.2) is 4.99 Å². The Balaban J connectivity index is 1.83. The summed E-state index contributed by atoms with van der Waals surface area (Å²) in [5.74, 6) is -2.50. The van der Waals surface area contributed by atoms with E-state index in [-0.39, 0.29) is 43.4 Å². The van der Waals surface area contributed by atoms with Crippen molar-refractivity contribution in [2.45, 2.75) is 205 Å². The molecule has 0 radical (unpaired) electrons. The number of likely N-dealkylation sites (N-methyl/N-ethyl adjacent to an activating group) is 2. The summed E-state index contributed by atoms with van der Waals surface area (Å²) >= 11 is 0. The quantitative estimate of drug-likeness (QED) is 0.276. The third kappa shape index (κ3) is 10.0. The van der Waals surface area contributed by atoms with Gasteiger partial charge >= 0.3 is 5.97 Å². The molecule has 4 aliphatic heterocycles. The Morgan fingerprint density at radius 3 is 2.18 bits per heavy atom. The Bertz CT molecular complexity index is 1330. The van der Waals surface area contributed by atoms with Gasteiger partial charge in [0, 0.05) is 45.1 Å². The van der Waals surface area contributed by atoms with E-state index >= 15 is 0 Å². The highest BCUT2D eigenvalue weighted by molar-refractivity contribution is 5.76. The van der Waals surface area contributed by atoms with Crippen molar-refractivity contribution in [1.82, 2.24) is 9.80 Å². The number of hydrogen-bond acceptors (Lipinski definition) is 14.